The molecule has 1 amide bonds. The summed E-state index contributed by atoms with van der Waals surface area (Å²) in [4.78, 5) is 12.6. The first-order valence-electron chi connectivity index (χ1n) is 8.82. The van der Waals surface area contributed by atoms with Gasteiger partial charge in [0, 0.05) is 24.2 Å². The number of rotatable bonds is 9. The van der Waals surface area contributed by atoms with Crippen LogP contribution in [0.4, 0.5) is 0 Å². The second-order valence-corrected chi connectivity index (χ2v) is 9.49. The highest BCUT2D eigenvalue weighted by molar-refractivity contribution is 9.10. The van der Waals surface area contributed by atoms with Gasteiger partial charge in [-0.15, -0.1) is 0 Å². The summed E-state index contributed by atoms with van der Waals surface area (Å²) in [5.41, 5.74) is 1.75. The number of carbonyl (C=O) groups excluding carboxylic acids is 1. The third kappa shape index (κ3) is 6.41. The Bertz CT molecular complexity index is 883. The van der Waals surface area contributed by atoms with Crippen LogP contribution < -0.4 is 5.32 Å². The van der Waals surface area contributed by atoms with Crippen molar-refractivity contribution in [2.45, 2.75) is 31.3 Å². The highest BCUT2D eigenvalue weighted by Crippen LogP contribution is 2.20. The molecule has 1 N–H and O–H groups in total. The molecule has 6 nitrogen and oxygen atoms in total. The number of ether oxygens (including phenoxy) is 1. The zero-order valence-electron chi connectivity index (χ0n) is 16.2. The van der Waals surface area contributed by atoms with Gasteiger partial charge >= 0.3 is 0 Å². The molecule has 0 spiro atoms. The molecule has 0 aliphatic heterocycles. The number of methoxy groups -OCH3 is 1. The largest absolute Gasteiger partial charge is 0.383 e. The molecule has 0 saturated carbocycles. The van der Waals surface area contributed by atoms with Crippen molar-refractivity contribution in [3.8, 4) is 0 Å². The lowest BCUT2D eigenvalue weighted by Gasteiger charge is -2.23. The Morgan fingerprint density at radius 1 is 1.14 bits per heavy atom. The van der Waals surface area contributed by atoms with Gasteiger partial charge in [-0.2, -0.15) is 4.31 Å². The smallest absolute Gasteiger partial charge is 0.243 e. The van der Waals surface area contributed by atoms with E-state index in [2.05, 4.69) is 21.2 Å². The average molecular weight is 469 g/mol. The van der Waals surface area contributed by atoms with Gasteiger partial charge in [0.05, 0.1) is 18.0 Å². The molecule has 2 aromatic rings. The number of sulfonamides is 1. The van der Waals surface area contributed by atoms with Crippen LogP contribution in [0.25, 0.3) is 0 Å². The summed E-state index contributed by atoms with van der Waals surface area (Å²) in [6.07, 6.45) is 0. The van der Waals surface area contributed by atoms with Crippen molar-refractivity contribution in [1.82, 2.24) is 9.62 Å². The molecular formula is C20H25BrN2O4S. The van der Waals surface area contributed by atoms with Crippen LogP contribution >= 0.6 is 15.9 Å². The normalized spacial score (nSPS) is 12.8. The Morgan fingerprint density at radius 3 is 2.32 bits per heavy atom. The van der Waals surface area contributed by atoms with Crippen molar-refractivity contribution < 1.29 is 17.9 Å². The summed E-state index contributed by atoms with van der Waals surface area (Å²) in [6, 6.07) is 13.7. The van der Waals surface area contributed by atoms with E-state index in [1.807, 2.05) is 31.2 Å². The number of nitrogens with one attached hydrogen (secondary N) is 1. The van der Waals surface area contributed by atoms with Crippen molar-refractivity contribution >= 4 is 31.9 Å². The number of nitrogens with zero attached hydrogens (tertiary/aromatic N) is 1. The molecule has 8 heteroatoms. The van der Waals surface area contributed by atoms with Crippen molar-refractivity contribution in [1.29, 1.82) is 0 Å². The molecule has 1 atom stereocenters. The molecular weight excluding hydrogens is 444 g/mol. The fourth-order valence-corrected chi connectivity index (χ4v) is 4.30. The monoisotopic (exact) mass is 468 g/mol. The van der Waals surface area contributed by atoms with Crippen LogP contribution in [0.2, 0.25) is 0 Å². The van der Waals surface area contributed by atoms with E-state index in [0.29, 0.717) is 6.61 Å². The lowest BCUT2D eigenvalue weighted by Crippen LogP contribution is -2.44. The first kappa shape index (κ1) is 22.5. The summed E-state index contributed by atoms with van der Waals surface area (Å²) in [7, 11) is -2.29. The maximum atomic E-state index is 13.2. The first-order chi connectivity index (χ1) is 13.2. The summed E-state index contributed by atoms with van der Waals surface area (Å²) in [5.74, 6) is -0.377. The molecule has 0 radical (unpaired) electrons. The zero-order valence-corrected chi connectivity index (χ0v) is 18.6. The second kappa shape index (κ2) is 10.2. The predicted molar refractivity (Wildman–Crippen MR) is 112 cm³/mol. The predicted octanol–water partition coefficient (Wildman–Crippen LogP) is 3.10. The van der Waals surface area contributed by atoms with E-state index in [1.54, 1.807) is 38.3 Å². The summed E-state index contributed by atoms with van der Waals surface area (Å²) >= 11 is 3.37. The summed E-state index contributed by atoms with van der Waals surface area (Å²) < 4.78 is 33.4. The molecule has 0 fully saturated rings. The molecule has 28 heavy (non-hydrogen) atoms. The highest BCUT2D eigenvalue weighted by atomic mass is 79.9. The van der Waals surface area contributed by atoms with Crippen molar-refractivity contribution in [3.05, 3.63) is 64.1 Å². The molecule has 0 aliphatic carbocycles. The summed E-state index contributed by atoms with van der Waals surface area (Å²) in [6.45, 7) is 3.86. The Morgan fingerprint density at radius 2 is 1.75 bits per heavy atom. The first-order valence-corrected chi connectivity index (χ1v) is 11.0. The van der Waals surface area contributed by atoms with E-state index in [-0.39, 0.29) is 29.9 Å². The number of carbonyl (C=O) groups is 1. The number of hydrogen-bond acceptors (Lipinski definition) is 4. The molecule has 0 heterocycles. The molecule has 0 bridgehead atoms. The van der Waals surface area contributed by atoms with Gasteiger partial charge in [0.15, 0.2) is 0 Å². The fraction of sp³-hybridized carbons (Fsp3) is 0.350. The Balaban J connectivity index is 2.27. The third-order valence-electron chi connectivity index (χ3n) is 4.07. The van der Waals surface area contributed by atoms with Gasteiger partial charge in [0.2, 0.25) is 15.9 Å². The van der Waals surface area contributed by atoms with Gasteiger partial charge in [-0.25, -0.2) is 8.42 Å². The number of hydrogen-bond donors (Lipinski definition) is 1. The minimum absolute atomic E-state index is 0.0928. The maximum Gasteiger partial charge on any atom is 0.243 e. The number of amides is 1. The lowest BCUT2D eigenvalue weighted by atomic mass is 10.2. The standard InChI is InChI=1S/C20H25BrN2O4S/c1-15-4-10-19(11-5-15)28(25,26)23(12-17-6-8-18(21)9-7-17)13-20(24)22-16(2)14-27-3/h4-11,16H,12-14H2,1-3H3,(H,22,24)/t16-/m1/s1. The van der Waals surface area contributed by atoms with E-state index in [0.717, 1.165) is 15.6 Å². The number of aryl methyl sites for hydroxylation is 1. The highest BCUT2D eigenvalue weighted by Gasteiger charge is 2.27. The topological polar surface area (TPSA) is 75.7 Å². The molecule has 0 saturated heterocycles. The van der Waals surface area contributed by atoms with Gasteiger partial charge in [0.1, 0.15) is 0 Å². The van der Waals surface area contributed by atoms with E-state index in [1.165, 1.54) is 4.31 Å². The Labute approximate surface area is 175 Å². The molecule has 0 aromatic heterocycles. The van der Waals surface area contributed by atoms with Crippen LogP contribution in [0.3, 0.4) is 0 Å². The maximum absolute atomic E-state index is 13.2. The zero-order chi connectivity index (χ0) is 20.7. The van der Waals surface area contributed by atoms with Gasteiger partial charge in [-0.3, -0.25) is 4.79 Å². The second-order valence-electron chi connectivity index (χ2n) is 6.64. The number of benzene rings is 2. The van der Waals surface area contributed by atoms with Crippen molar-refractivity contribution in [2.24, 2.45) is 0 Å². The van der Waals surface area contributed by atoms with Crippen molar-refractivity contribution in [3.63, 3.8) is 0 Å². The van der Waals surface area contributed by atoms with Crippen LogP contribution in [0, 0.1) is 6.92 Å². The minimum atomic E-state index is -3.84. The van der Waals surface area contributed by atoms with Crippen LogP contribution in [-0.4, -0.2) is 44.9 Å². The van der Waals surface area contributed by atoms with Gasteiger partial charge in [0.25, 0.3) is 0 Å². The molecule has 2 rings (SSSR count). The SMILES string of the molecule is COC[C@@H](C)NC(=O)CN(Cc1ccc(Br)cc1)S(=O)(=O)c1ccc(C)cc1. The summed E-state index contributed by atoms with van der Waals surface area (Å²) in [5, 5.41) is 2.76. The Hall–Kier alpha value is -1.74. The Kier molecular flexibility index (Phi) is 8.18. The molecule has 0 aliphatic rings. The van der Waals surface area contributed by atoms with Gasteiger partial charge in [-0.1, -0.05) is 45.8 Å². The van der Waals surface area contributed by atoms with Gasteiger partial charge in [-0.05, 0) is 43.7 Å². The van der Waals surface area contributed by atoms with E-state index >= 15 is 0 Å². The van der Waals surface area contributed by atoms with Crippen LogP contribution in [0.5, 0.6) is 0 Å². The van der Waals surface area contributed by atoms with Crippen molar-refractivity contribution in [2.75, 3.05) is 20.3 Å². The molecule has 2 aromatic carbocycles. The molecule has 152 valence electrons. The van der Waals surface area contributed by atoms with Crippen LogP contribution in [0.1, 0.15) is 18.1 Å². The quantitative estimate of drug-likeness (QED) is 0.613. The third-order valence-corrected chi connectivity index (χ3v) is 6.41. The van der Waals surface area contributed by atoms with E-state index in [9.17, 15) is 13.2 Å². The van der Waals surface area contributed by atoms with E-state index in [4.69, 9.17) is 4.74 Å². The average Bonchev–Trinajstić information content (AvgIpc) is 2.63. The van der Waals surface area contributed by atoms with Gasteiger partial charge < -0.3 is 10.1 Å². The molecule has 0 unspecified atom stereocenters. The lowest BCUT2D eigenvalue weighted by molar-refractivity contribution is -0.122. The fourth-order valence-electron chi connectivity index (χ4n) is 2.65. The number of halogens is 1. The van der Waals surface area contributed by atoms with Crippen LogP contribution in [-0.2, 0) is 26.1 Å². The van der Waals surface area contributed by atoms with Crippen LogP contribution in [0.15, 0.2) is 57.9 Å². The van der Waals surface area contributed by atoms with E-state index < -0.39 is 10.0 Å². The minimum Gasteiger partial charge on any atom is -0.383 e.